The number of carbonyl (C=O) groups excluding carboxylic acids is 2. The Morgan fingerprint density at radius 1 is 1.11 bits per heavy atom. The monoisotopic (exact) mass is 268 g/mol. The summed E-state index contributed by atoms with van der Waals surface area (Å²) >= 11 is 0. The topological polar surface area (TPSA) is 95.5 Å². The van der Waals surface area contributed by atoms with Gasteiger partial charge >= 0.3 is 12.0 Å². The molecule has 3 amide bonds. The number of carboxylic acid groups (broad SMARTS) is 1. The lowest BCUT2D eigenvalue weighted by atomic mass is 9.79. The van der Waals surface area contributed by atoms with Gasteiger partial charge in [0.2, 0.25) is 5.91 Å². The molecular formula is C13H20N2O4. The Labute approximate surface area is 111 Å². The van der Waals surface area contributed by atoms with Gasteiger partial charge in [-0.3, -0.25) is 14.9 Å². The molecule has 0 aromatic rings. The van der Waals surface area contributed by atoms with Crippen molar-refractivity contribution in [2.45, 2.75) is 57.4 Å². The molecule has 0 aromatic heterocycles. The largest absolute Gasteiger partial charge is 0.481 e. The van der Waals surface area contributed by atoms with Crippen molar-refractivity contribution in [1.29, 1.82) is 0 Å². The Bertz CT molecular complexity index is 384. The van der Waals surface area contributed by atoms with E-state index in [4.69, 9.17) is 5.11 Å². The molecule has 19 heavy (non-hydrogen) atoms. The zero-order chi connectivity index (χ0) is 13.9. The predicted molar refractivity (Wildman–Crippen MR) is 67.5 cm³/mol. The number of nitrogens with one attached hydrogen (secondary N) is 2. The van der Waals surface area contributed by atoms with Gasteiger partial charge in [0.25, 0.3) is 0 Å². The highest BCUT2D eigenvalue weighted by atomic mass is 16.4. The molecule has 2 aliphatic rings. The highest BCUT2D eigenvalue weighted by molar-refractivity contribution is 5.94. The molecule has 0 unspecified atom stereocenters. The lowest BCUT2D eigenvalue weighted by Gasteiger charge is -2.26. The molecule has 0 heterocycles. The van der Waals surface area contributed by atoms with Crippen LogP contribution in [-0.4, -0.2) is 29.1 Å². The molecule has 0 saturated heterocycles. The minimum Gasteiger partial charge on any atom is -0.481 e. The minimum absolute atomic E-state index is 0.00463. The SMILES string of the molecule is O=C(O)CC1(CC(=O)NC(=O)NC2CC2)CCCC1. The van der Waals surface area contributed by atoms with Gasteiger partial charge in [-0.1, -0.05) is 12.8 Å². The van der Waals surface area contributed by atoms with Crippen LogP contribution in [0.25, 0.3) is 0 Å². The molecule has 0 atom stereocenters. The molecule has 2 aliphatic carbocycles. The average Bonchev–Trinajstić information content (AvgIpc) is 2.97. The van der Waals surface area contributed by atoms with Crippen LogP contribution in [0.1, 0.15) is 51.4 Å². The normalized spacial score (nSPS) is 20.8. The van der Waals surface area contributed by atoms with E-state index in [1.807, 2.05) is 0 Å². The Morgan fingerprint density at radius 2 is 1.74 bits per heavy atom. The van der Waals surface area contributed by atoms with Crippen molar-refractivity contribution < 1.29 is 19.5 Å². The van der Waals surface area contributed by atoms with Crippen LogP contribution in [0.15, 0.2) is 0 Å². The number of amides is 3. The summed E-state index contributed by atoms with van der Waals surface area (Å²) < 4.78 is 0. The third-order valence-electron chi connectivity index (χ3n) is 3.89. The highest BCUT2D eigenvalue weighted by Crippen LogP contribution is 2.43. The summed E-state index contributed by atoms with van der Waals surface area (Å²) in [4.78, 5) is 34.2. The van der Waals surface area contributed by atoms with Crippen molar-refractivity contribution in [2.24, 2.45) is 5.41 Å². The number of carbonyl (C=O) groups is 3. The molecule has 106 valence electrons. The summed E-state index contributed by atoms with van der Waals surface area (Å²) in [6, 6.07) is -0.261. The fraction of sp³-hybridized carbons (Fsp3) is 0.769. The van der Waals surface area contributed by atoms with Gasteiger partial charge in [0.05, 0.1) is 6.42 Å². The van der Waals surface area contributed by atoms with E-state index in [-0.39, 0.29) is 24.8 Å². The summed E-state index contributed by atoms with van der Waals surface area (Å²) in [5.74, 6) is -1.25. The van der Waals surface area contributed by atoms with Crippen LogP contribution in [0.5, 0.6) is 0 Å². The van der Waals surface area contributed by atoms with Gasteiger partial charge in [-0.15, -0.1) is 0 Å². The molecule has 0 aromatic carbocycles. The van der Waals surface area contributed by atoms with Crippen LogP contribution >= 0.6 is 0 Å². The highest BCUT2D eigenvalue weighted by Gasteiger charge is 2.38. The van der Waals surface area contributed by atoms with Gasteiger partial charge in [0.15, 0.2) is 0 Å². The Morgan fingerprint density at radius 3 is 2.26 bits per heavy atom. The maximum atomic E-state index is 11.8. The van der Waals surface area contributed by atoms with Crippen LogP contribution in [-0.2, 0) is 9.59 Å². The number of carboxylic acids is 1. The van der Waals surface area contributed by atoms with Crippen LogP contribution in [0.2, 0.25) is 0 Å². The van der Waals surface area contributed by atoms with Crippen molar-refractivity contribution >= 4 is 17.9 Å². The summed E-state index contributed by atoms with van der Waals surface area (Å²) in [5, 5.41) is 13.9. The number of rotatable bonds is 5. The van der Waals surface area contributed by atoms with Gasteiger partial charge in [0, 0.05) is 12.5 Å². The van der Waals surface area contributed by atoms with Crippen molar-refractivity contribution in [3.8, 4) is 0 Å². The molecule has 0 aliphatic heterocycles. The molecule has 0 radical (unpaired) electrons. The van der Waals surface area contributed by atoms with Crippen molar-refractivity contribution in [3.05, 3.63) is 0 Å². The fourth-order valence-corrected chi connectivity index (χ4v) is 2.82. The number of urea groups is 1. The van der Waals surface area contributed by atoms with E-state index in [2.05, 4.69) is 10.6 Å². The molecule has 2 rings (SSSR count). The van der Waals surface area contributed by atoms with E-state index in [9.17, 15) is 14.4 Å². The van der Waals surface area contributed by atoms with E-state index in [0.717, 1.165) is 38.5 Å². The maximum Gasteiger partial charge on any atom is 0.321 e. The molecule has 6 heteroatoms. The lowest BCUT2D eigenvalue weighted by molar-refractivity contribution is -0.140. The second-order valence-corrected chi connectivity index (χ2v) is 5.75. The smallest absolute Gasteiger partial charge is 0.321 e. The molecule has 3 N–H and O–H groups in total. The number of hydrogen-bond donors (Lipinski definition) is 3. The second-order valence-electron chi connectivity index (χ2n) is 5.75. The number of imide groups is 1. The molecular weight excluding hydrogens is 248 g/mol. The van der Waals surface area contributed by atoms with Crippen LogP contribution < -0.4 is 10.6 Å². The molecule has 2 fully saturated rings. The first-order valence-electron chi connectivity index (χ1n) is 6.81. The van der Waals surface area contributed by atoms with Gasteiger partial charge in [-0.2, -0.15) is 0 Å². The lowest BCUT2D eigenvalue weighted by Crippen LogP contribution is -2.42. The van der Waals surface area contributed by atoms with Crippen LogP contribution in [0.4, 0.5) is 4.79 Å². The van der Waals surface area contributed by atoms with E-state index in [0.29, 0.717) is 0 Å². The first-order valence-corrected chi connectivity index (χ1v) is 6.81. The summed E-state index contributed by atoms with van der Waals surface area (Å²) in [7, 11) is 0. The molecule has 2 saturated carbocycles. The summed E-state index contributed by atoms with van der Waals surface area (Å²) in [6.45, 7) is 0. The van der Waals surface area contributed by atoms with Crippen molar-refractivity contribution in [2.75, 3.05) is 0 Å². The number of aliphatic carboxylic acids is 1. The second kappa shape index (κ2) is 5.59. The van der Waals surface area contributed by atoms with Crippen LogP contribution in [0.3, 0.4) is 0 Å². The molecule has 0 spiro atoms. The predicted octanol–water partition coefficient (Wildman–Crippen LogP) is 1.40. The Balaban J connectivity index is 1.83. The van der Waals surface area contributed by atoms with Gasteiger partial charge in [0.1, 0.15) is 0 Å². The minimum atomic E-state index is -0.878. The zero-order valence-corrected chi connectivity index (χ0v) is 10.9. The van der Waals surface area contributed by atoms with Crippen molar-refractivity contribution in [1.82, 2.24) is 10.6 Å². The van der Waals surface area contributed by atoms with E-state index in [1.54, 1.807) is 0 Å². The fourth-order valence-electron chi connectivity index (χ4n) is 2.82. The standard InChI is InChI=1S/C13H20N2O4/c16-10(15-12(19)14-9-3-4-9)7-13(8-11(17)18)5-1-2-6-13/h9H,1-8H2,(H,17,18)(H2,14,15,16,19). The third-order valence-corrected chi connectivity index (χ3v) is 3.89. The first kappa shape index (κ1) is 13.8. The average molecular weight is 268 g/mol. The van der Waals surface area contributed by atoms with Crippen molar-refractivity contribution in [3.63, 3.8) is 0 Å². The quantitative estimate of drug-likeness (QED) is 0.702. The Kier molecular flexibility index (Phi) is 4.07. The zero-order valence-electron chi connectivity index (χ0n) is 10.9. The molecule has 0 bridgehead atoms. The molecule has 6 nitrogen and oxygen atoms in total. The van der Waals surface area contributed by atoms with E-state index in [1.165, 1.54) is 0 Å². The number of hydrogen-bond acceptors (Lipinski definition) is 3. The maximum absolute atomic E-state index is 11.8. The van der Waals surface area contributed by atoms with Gasteiger partial charge in [-0.05, 0) is 31.1 Å². The van der Waals surface area contributed by atoms with Crippen LogP contribution in [0, 0.1) is 5.41 Å². The van der Waals surface area contributed by atoms with E-state index >= 15 is 0 Å². The third kappa shape index (κ3) is 4.22. The summed E-state index contributed by atoms with van der Waals surface area (Å²) in [5.41, 5.74) is -0.463. The van der Waals surface area contributed by atoms with E-state index < -0.39 is 17.4 Å². The van der Waals surface area contributed by atoms with Gasteiger partial charge in [-0.25, -0.2) is 4.79 Å². The Hall–Kier alpha value is -1.59. The van der Waals surface area contributed by atoms with Gasteiger partial charge < -0.3 is 10.4 Å². The first-order chi connectivity index (χ1) is 8.99. The summed E-state index contributed by atoms with van der Waals surface area (Å²) in [6.07, 6.45) is 5.45.